The maximum atomic E-state index is 12.7. The minimum atomic E-state index is -0.636. The molecule has 1 heterocycles. The highest BCUT2D eigenvalue weighted by molar-refractivity contribution is 9.11. The highest BCUT2D eigenvalue weighted by Gasteiger charge is 2.09. The summed E-state index contributed by atoms with van der Waals surface area (Å²) in [5, 5.41) is 4.93. The third-order valence-corrected chi connectivity index (χ3v) is 5.93. The van der Waals surface area contributed by atoms with Crippen LogP contribution in [0.15, 0.2) is 84.3 Å². The summed E-state index contributed by atoms with van der Waals surface area (Å²) >= 11 is 13.1. The van der Waals surface area contributed by atoms with E-state index in [1.54, 1.807) is 42.5 Å². The highest BCUT2D eigenvalue weighted by Crippen LogP contribution is 2.26. The van der Waals surface area contributed by atoms with E-state index in [0.29, 0.717) is 33.8 Å². The molecule has 0 unspecified atom stereocenters. The Kier molecular flexibility index (Phi) is 6.41. The van der Waals surface area contributed by atoms with Crippen LogP contribution in [0.4, 0.5) is 0 Å². The molecule has 0 aliphatic rings. The summed E-state index contributed by atoms with van der Waals surface area (Å²) in [6.45, 7) is 0.298. The maximum absolute atomic E-state index is 12.7. The molecule has 0 saturated carbocycles. The van der Waals surface area contributed by atoms with Crippen molar-refractivity contribution < 1.29 is 4.74 Å². The van der Waals surface area contributed by atoms with Crippen molar-refractivity contribution in [2.75, 3.05) is 0 Å². The zero-order valence-electron chi connectivity index (χ0n) is 15.8. The zero-order chi connectivity index (χ0) is 22.0. The van der Waals surface area contributed by atoms with Crippen LogP contribution in [0.5, 0.6) is 5.75 Å². The van der Waals surface area contributed by atoms with E-state index in [-0.39, 0.29) is 0 Å². The van der Waals surface area contributed by atoms with Crippen molar-refractivity contribution in [3.8, 4) is 5.75 Å². The van der Waals surface area contributed by atoms with Crippen molar-refractivity contribution in [3.63, 3.8) is 0 Å². The quantitative estimate of drug-likeness (QED) is 0.334. The fourth-order valence-corrected chi connectivity index (χ4v) is 4.27. The molecule has 0 spiro atoms. The molecule has 0 fully saturated rings. The Bertz CT molecular complexity index is 1430. The Morgan fingerprint density at radius 3 is 2.68 bits per heavy atom. The topological polar surface area (TPSA) is 76.5 Å². The Labute approximate surface area is 198 Å². The summed E-state index contributed by atoms with van der Waals surface area (Å²) in [6.07, 6.45) is 1.38. The summed E-state index contributed by atoms with van der Waals surface area (Å²) in [6, 6.07) is 17.6. The average Bonchev–Trinajstić information content (AvgIpc) is 2.74. The van der Waals surface area contributed by atoms with Gasteiger partial charge < -0.3 is 9.72 Å². The molecule has 4 aromatic rings. The predicted molar refractivity (Wildman–Crippen MR) is 129 cm³/mol. The van der Waals surface area contributed by atoms with Crippen LogP contribution in [0.3, 0.4) is 0 Å². The molecule has 156 valence electrons. The molecule has 0 amide bonds. The molecule has 0 saturated heterocycles. The van der Waals surface area contributed by atoms with Gasteiger partial charge in [0.05, 0.1) is 17.1 Å². The molecule has 1 aromatic heterocycles. The predicted octanol–water partition coefficient (Wildman–Crippen LogP) is 5.33. The number of aromatic nitrogens is 2. The highest BCUT2D eigenvalue weighted by atomic mass is 79.9. The number of H-pyrrole nitrogens is 1. The molecule has 0 atom stereocenters. The first kappa shape index (κ1) is 21.5. The number of fused-ring (bicyclic) bond motifs is 1. The third-order valence-electron chi connectivity index (χ3n) is 4.47. The van der Waals surface area contributed by atoms with E-state index in [4.69, 9.17) is 16.3 Å². The van der Waals surface area contributed by atoms with Gasteiger partial charge in [-0.3, -0.25) is 4.79 Å². The van der Waals surface area contributed by atoms with Crippen molar-refractivity contribution in [1.29, 1.82) is 0 Å². The van der Waals surface area contributed by atoms with E-state index in [1.807, 2.05) is 18.2 Å². The Morgan fingerprint density at radius 1 is 1.06 bits per heavy atom. The van der Waals surface area contributed by atoms with Gasteiger partial charge in [0.15, 0.2) is 0 Å². The summed E-state index contributed by atoms with van der Waals surface area (Å²) in [4.78, 5) is 27.6. The van der Waals surface area contributed by atoms with Gasteiger partial charge in [-0.05, 0) is 42.5 Å². The molecule has 0 radical (unpaired) electrons. The average molecular weight is 564 g/mol. The van der Waals surface area contributed by atoms with Crippen LogP contribution in [-0.4, -0.2) is 15.9 Å². The van der Waals surface area contributed by atoms with E-state index < -0.39 is 11.2 Å². The monoisotopic (exact) mass is 561 g/mol. The van der Waals surface area contributed by atoms with E-state index in [1.165, 1.54) is 6.21 Å². The lowest BCUT2D eigenvalue weighted by Crippen LogP contribution is -2.32. The fourth-order valence-electron chi connectivity index (χ4n) is 2.92. The first-order chi connectivity index (χ1) is 14.9. The standard InChI is InChI=1S/C22H14Br2ClN3O3/c23-15-6-5-13(18(24)10-15)12-31-20-8-7-16(25)9-14(20)11-26-28-21(29)17-3-1-2-4-19(17)27-22(28)30/h1-11H,12H2,(H,27,30). The first-order valence-electron chi connectivity index (χ1n) is 9.07. The smallest absolute Gasteiger partial charge is 0.349 e. The summed E-state index contributed by atoms with van der Waals surface area (Å²) in [7, 11) is 0. The lowest BCUT2D eigenvalue weighted by atomic mass is 10.2. The normalized spacial score (nSPS) is 11.3. The van der Waals surface area contributed by atoms with Gasteiger partial charge in [-0.25, -0.2) is 4.79 Å². The number of nitrogens with zero attached hydrogens (tertiary/aromatic N) is 2. The molecule has 0 bridgehead atoms. The fraction of sp³-hybridized carbons (Fsp3) is 0.0455. The number of ether oxygens (including phenoxy) is 1. The lowest BCUT2D eigenvalue weighted by molar-refractivity contribution is 0.305. The van der Waals surface area contributed by atoms with Gasteiger partial charge >= 0.3 is 5.69 Å². The van der Waals surface area contributed by atoms with Crippen molar-refractivity contribution in [3.05, 3.63) is 107 Å². The van der Waals surface area contributed by atoms with Gasteiger partial charge in [0.2, 0.25) is 0 Å². The van der Waals surface area contributed by atoms with Gasteiger partial charge in [0.1, 0.15) is 12.4 Å². The Hall–Kier alpha value is -2.68. The van der Waals surface area contributed by atoms with E-state index >= 15 is 0 Å². The van der Waals surface area contributed by atoms with Crippen LogP contribution < -0.4 is 16.0 Å². The van der Waals surface area contributed by atoms with Crippen molar-refractivity contribution in [2.45, 2.75) is 6.61 Å². The SMILES string of the molecule is O=c1[nH]c2ccccc2c(=O)n1N=Cc1cc(Cl)ccc1OCc1ccc(Br)cc1Br. The molecule has 0 aliphatic carbocycles. The van der Waals surface area contributed by atoms with E-state index in [9.17, 15) is 9.59 Å². The molecule has 3 aromatic carbocycles. The van der Waals surface area contributed by atoms with Crippen molar-refractivity contribution in [1.82, 2.24) is 9.66 Å². The minimum Gasteiger partial charge on any atom is -0.488 e. The first-order valence-corrected chi connectivity index (χ1v) is 11.0. The third kappa shape index (κ3) is 4.81. The largest absolute Gasteiger partial charge is 0.488 e. The van der Waals surface area contributed by atoms with Crippen LogP contribution >= 0.6 is 43.5 Å². The van der Waals surface area contributed by atoms with E-state index in [2.05, 4.69) is 41.9 Å². The van der Waals surface area contributed by atoms with Crippen LogP contribution in [-0.2, 0) is 6.61 Å². The molecule has 4 rings (SSSR count). The minimum absolute atomic E-state index is 0.298. The molecule has 0 aliphatic heterocycles. The molecule has 31 heavy (non-hydrogen) atoms. The molecule has 9 heteroatoms. The second kappa shape index (κ2) is 9.21. The number of benzene rings is 3. The molecule has 6 nitrogen and oxygen atoms in total. The molecular weight excluding hydrogens is 550 g/mol. The molecular formula is C22H14Br2ClN3O3. The van der Waals surface area contributed by atoms with Gasteiger partial charge in [-0.2, -0.15) is 5.10 Å². The summed E-state index contributed by atoms with van der Waals surface area (Å²) in [5.74, 6) is 0.508. The van der Waals surface area contributed by atoms with Crippen LogP contribution in [0.1, 0.15) is 11.1 Å². The number of hydrogen-bond acceptors (Lipinski definition) is 4. The number of aromatic amines is 1. The number of hydrogen-bond donors (Lipinski definition) is 1. The number of halogens is 3. The Balaban J connectivity index is 1.67. The van der Waals surface area contributed by atoms with Gasteiger partial charge in [-0.1, -0.05) is 61.7 Å². The Morgan fingerprint density at radius 2 is 1.87 bits per heavy atom. The van der Waals surface area contributed by atoms with Crippen LogP contribution in [0.2, 0.25) is 5.02 Å². The lowest BCUT2D eigenvalue weighted by Gasteiger charge is -2.11. The number of rotatable bonds is 5. The van der Waals surface area contributed by atoms with Gasteiger partial charge in [0.25, 0.3) is 5.56 Å². The van der Waals surface area contributed by atoms with Crippen LogP contribution in [0.25, 0.3) is 10.9 Å². The number of nitrogens with one attached hydrogen (secondary N) is 1. The van der Waals surface area contributed by atoms with Crippen molar-refractivity contribution >= 4 is 60.6 Å². The second-order valence-electron chi connectivity index (χ2n) is 6.54. The van der Waals surface area contributed by atoms with Gasteiger partial charge in [-0.15, -0.1) is 4.68 Å². The second-order valence-corrected chi connectivity index (χ2v) is 8.75. The van der Waals surface area contributed by atoms with Crippen molar-refractivity contribution in [2.24, 2.45) is 5.10 Å². The van der Waals surface area contributed by atoms with Crippen LogP contribution in [0, 0.1) is 0 Å². The molecule has 1 N–H and O–H groups in total. The summed E-state index contributed by atoms with van der Waals surface area (Å²) in [5.41, 5.74) is 0.779. The zero-order valence-corrected chi connectivity index (χ0v) is 19.7. The van der Waals surface area contributed by atoms with E-state index in [0.717, 1.165) is 19.2 Å². The maximum Gasteiger partial charge on any atom is 0.349 e. The number of para-hydroxylation sites is 1. The summed E-state index contributed by atoms with van der Waals surface area (Å²) < 4.78 is 8.58. The van der Waals surface area contributed by atoms with Gasteiger partial charge in [0, 0.05) is 25.1 Å².